The minimum atomic E-state index is -4.28. The van der Waals surface area contributed by atoms with E-state index in [1.165, 1.54) is 18.2 Å². The van der Waals surface area contributed by atoms with E-state index in [0.717, 1.165) is 41.8 Å². The molecule has 4 aromatic rings. The Balaban J connectivity index is 0.00000336. The first-order valence-corrected chi connectivity index (χ1v) is 13.5. The molecule has 0 bridgehead atoms. The van der Waals surface area contributed by atoms with Crippen LogP contribution in [-0.2, 0) is 14.8 Å². The molecule has 0 spiro atoms. The van der Waals surface area contributed by atoms with Crippen LogP contribution in [0.1, 0.15) is 0 Å². The number of halogens is 3. The number of piperazine rings is 1. The van der Waals surface area contributed by atoms with E-state index in [2.05, 4.69) is 15.2 Å². The molecule has 38 heavy (non-hydrogen) atoms. The number of nitrogens with one attached hydrogen (secondary N) is 1. The van der Waals surface area contributed by atoms with E-state index >= 15 is 0 Å². The molecule has 10 nitrogen and oxygen atoms in total. The number of rotatable bonds is 7. The van der Waals surface area contributed by atoms with E-state index in [9.17, 15) is 18.3 Å². The van der Waals surface area contributed by atoms with E-state index in [-0.39, 0.29) is 33.0 Å². The van der Waals surface area contributed by atoms with Crippen LogP contribution in [-0.4, -0.2) is 66.8 Å². The van der Waals surface area contributed by atoms with Crippen molar-refractivity contribution in [3.63, 3.8) is 0 Å². The fourth-order valence-electron chi connectivity index (χ4n) is 4.24. The predicted molar refractivity (Wildman–Crippen MR) is 150 cm³/mol. The fraction of sp³-hybridized carbons (Fsp3) is 0.208. The standard InChI is InChI=1S/C24H22Cl2N6O4S.ClH/c25-17-10-18(26)12-20(11-17)37(35,36)32(15-24(33)34)19-1-2-21-16(9-19)3-6-31(21)23-14-28-13-22(29-23)30-7-4-27-5-8-30;/h1-3,6,9-14,27H,4-5,7-8,15H2,(H,33,34);1H. The second kappa shape index (κ2) is 11.3. The van der Waals surface area contributed by atoms with Crippen molar-refractivity contribution in [1.29, 1.82) is 0 Å². The van der Waals surface area contributed by atoms with Crippen LogP contribution in [0.2, 0.25) is 10.0 Å². The lowest BCUT2D eigenvalue weighted by atomic mass is 10.2. The third kappa shape index (κ3) is 5.67. The topological polar surface area (TPSA) is 121 Å². The number of hydrogen-bond acceptors (Lipinski definition) is 7. The third-order valence-corrected chi connectivity index (χ3v) is 8.15. The molecular weight excluding hydrogens is 575 g/mol. The minimum Gasteiger partial charge on any atom is -0.480 e. The van der Waals surface area contributed by atoms with E-state index < -0.39 is 22.5 Å². The summed E-state index contributed by atoms with van der Waals surface area (Å²) < 4.78 is 29.5. The number of aliphatic carboxylic acids is 1. The zero-order valence-electron chi connectivity index (χ0n) is 19.8. The molecule has 5 rings (SSSR count). The first kappa shape index (κ1) is 27.9. The van der Waals surface area contributed by atoms with Gasteiger partial charge < -0.3 is 15.3 Å². The lowest BCUT2D eigenvalue weighted by Gasteiger charge is -2.28. The van der Waals surface area contributed by atoms with Crippen molar-refractivity contribution in [3.05, 3.63) is 71.1 Å². The Labute approximate surface area is 235 Å². The summed E-state index contributed by atoms with van der Waals surface area (Å²) in [5, 5.41) is 13.7. The SMILES string of the molecule is Cl.O=C(O)CN(c1ccc2c(ccn2-c2cncc(N3CCNCC3)n2)c1)S(=O)(=O)c1cc(Cl)cc(Cl)c1. The molecule has 0 amide bonds. The van der Waals surface area contributed by atoms with Crippen molar-refractivity contribution in [2.24, 2.45) is 0 Å². The van der Waals surface area contributed by atoms with Crippen LogP contribution >= 0.6 is 35.6 Å². The number of sulfonamides is 1. The number of hydrogen-bond donors (Lipinski definition) is 2. The molecule has 2 N–H and O–H groups in total. The Hall–Kier alpha value is -3.09. The Kier molecular flexibility index (Phi) is 8.34. The largest absolute Gasteiger partial charge is 0.480 e. The Bertz CT molecular complexity index is 1570. The van der Waals surface area contributed by atoms with Crippen LogP contribution in [0.4, 0.5) is 11.5 Å². The maximum absolute atomic E-state index is 13.4. The molecule has 1 aliphatic rings. The molecule has 1 aliphatic heterocycles. The highest BCUT2D eigenvalue weighted by Gasteiger charge is 2.28. The highest BCUT2D eigenvalue weighted by Crippen LogP contribution is 2.31. The molecule has 0 atom stereocenters. The molecule has 1 saturated heterocycles. The molecule has 3 heterocycles. The predicted octanol–water partition coefficient (Wildman–Crippen LogP) is 3.84. The van der Waals surface area contributed by atoms with Crippen molar-refractivity contribution in [2.75, 3.05) is 41.9 Å². The van der Waals surface area contributed by atoms with E-state index in [0.29, 0.717) is 11.2 Å². The van der Waals surface area contributed by atoms with Gasteiger partial charge in [0.15, 0.2) is 5.82 Å². The third-order valence-electron chi connectivity index (χ3n) is 5.96. The van der Waals surface area contributed by atoms with Crippen molar-refractivity contribution in [1.82, 2.24) is 19.9 Å². The molecular formula is C24H23Cl3N6O4S. The summed E-state index contributed by atoms with van der Waals surface area (Å²) in [5.74, 6) is 0.0770. The Morgan fingerprint density at radius 1 is 1.03 bits per heavy atom. The van der Waals surface area contributed by atoms with Crippen LogP contribution in [0.5, 0.6) is 0 Å². The van der Waals surface area contributed by atoms with Gasteiger partial charge in [-0.1, -0.05) is 23.2 Å². The second-order valence-corrected chi connectivity index (χ2v) is 11.1. The lowest BCUT2D eigenvalue weighted by Crippen LogP contribution is -2.44. The van der Waals surface area contributed by atoms with Crippen LogP contribution in [0, 0.1) is 0 Å². The summed E-state index contributed by atoms with van der Waals surface area (Å²) in [6, 6.07) is 10.6. The van der Waals surface area contributed by atoms with Crippen molar-refractivity contribution in [3.8, 4) is 5.82 Å². The van der Waals surface area contributed by atoms with Gasteiger partial charge in [0, 0.05) is 47.8 Å². The summed E-state index contributed by atoms with van der Waals surface area (Å²) in [5.41, 5.74) is 0.943. The van der Waals surface area contributed by atoms with Crippen molar-refractivity contribution in [2.45, 2.75) is 4.90 Å². The van der Waals surface area contributed by atoms with Crippen molar-refractivity contribution >= 4 is 74.0 Å². The minimum absolute atomic E-state index is 0. The molecule has 2 aromatic heterocycles. The van der Waals surface area contributed by atoms with Gasteiger partial charge in [0.1, 0.15) is 12.4 Å². The maximum Gasteiger partial charge on any atom is 0.324 e. The highest BCUT2D eigenvalue weighted by atomic mass is 35.5. The smallest absolute Gasteiger partial charge is 0.324 e. The first-order chi connectivity index (χ1) is 17.7. The molecule has 0 aliphatic carbocycles. The average Bonchev–Trinajstić information content (AvgIpc) is 3.30. The van der Waals surface area contributed by atoms with E-state index in [1.807, 2.05) is 10.8 Å². The molecule has 1 fully saturated rings. The zero-order valence-corrected chi connectivity index (χ0v) is 22.9. The van der Waals surface area contributed by atoms with Crippen LogP contribution in [0.25, 0.3) is 16.7 Å². The van der Waals surface area contributed by atoms with Gasteiger partial charge in [-0.2, -0.15) is 0 Å². The van der Waals surface area contributed by atoms with Crippen LogP contribution < -0.4 is 14.5 Å². The summed E-state index contributed by atoms with van der Waals surface area (Å²) in [6.45, 7) is 2.63. The van der Waals surface area contributed by atoms with Gasteiger partial charge in [-0.15, -0.1) is 12.4 Å². The fourth-order valence-corrected chi connectivity index (χ4v) is 6.37. The second-order valence-electron chi connectivity index (χ2n) is 8.41. The number of nitrogens with zero attached hydrogens (tertiary/aromatic N) is 5. The molecule has 0 saturated carbocycles. The molecule has 14 heteroatoms. The number of aromatic nitrogens is 3. The zero-order chi connectivity index (χ0) is 26.2. The number of carboxylic acid groups (broad SMARTS) is 1. The monoisotopic (exact) mass is 596 g/mol. The number of fused-ring (bicyclic) bond motifs is 1. The van der Waals surface area contributed by atoms with Crippen molar-refractivity contribution < 1.29 is 18.3 Å². The summed E-state index contributed by atoms with van der Waals surface area (Å²) in [7, 11) is -4.28. The van der Waals surface area contributed by atoms with Crippen LogP contribution in [0.15, 0.2) is 66.0 Å². The Morgan fingerprint density at radius 3 is 2.39 bits per heavy atom. The van der Waals surface area contributed by atoms with Crippen LogP contribution in [0.3, 0.4) is 0 Å². The van der Waals surface area contributed by atoms with Gasteiger partial charge in [-0.3, -0.25) is 18.7 Å². The lowest BCUT2D eigenvalue weighted by molar-refractivity contribution is -0.135. The Morgan fingerprint density at radius 2 is 1.71 bits per heavy atom. The van der Waals surface area contributed by atoms with E-state index in [1.54, 1.807) is 36.7 Å². The van der Waals surface area contributed by atoms with Gasteiger partial charge in [-0.05, 0) is 42.5 Å². The molecule has 2 aromatic carbocycles. The van der Waals surface area contributed by atoms with Gasteiger partial charge in [-0.25, -0.2) is 13.4 Å². The van der Waals surface area contributed by atoms with E-state index in [4.69, 9.17) is 28.2 Å². The van der Waals surface area contributed by atoms with Gasteiger partial charge in [0.2, 0.25) is 0 Å². The number of carbonyl (C=O) groups is 1. The number of benzene rings is 2. The van der Waals surface area contributed by atoms with Gasteiger partial charge in [0.05, 0.1) is 28.5 Å². The molecule has 0 radical (unpaired) electrons. The first-order valence-electron chi connectivity index (χ1n) is 11.3. The quantitative estimate of drug-likeness (QED) is 0.330. The summed E-state index contributed by atoms with van der Waals surface area (Å²) >= 11 is 12.0. The number of carboxylic acids is 1. The molecule has 0 unspecified atom stereocenters. The summed E-state index contributed by atoms with van der Waals surface area (Å²) in [4.78, 5) is 22.7. The highest BCUT2D eigenvalue weighted by molar-refractivity contribution is 7.92. The van der Waals surface area contributed by atoms with Gasteiger partial charge >= 0.3 is 5.97 Å². The van der Waals surface area contributed by atoms with Gasteiger partial charge in [0.25, 0.3) is 10.0 Å². The average molecular weight is 598 g/mol. The summed E-state index contributed by atoms with van der Waals surface area (Å²) in [6.07, 6.45) is 5.20. The normalized spacial score (nSPS) is 13.8. The molecule has 200 valence electrons. The number of anilines is 2. The maximum atomic E-state index is 13.4.